The standard InChI is InChI=1S/C23H18Cl2N2O4S/c1-12-19(22(29)31-3)20(16-11-15(25)8-9-17(16)30-2)27-21(28)18(32-23(27)26-12)10-13-4-6-14(24)7-5-13/h4-11,20H,1-3H3/b18-10-/t20-/m1/s1. The van der Waals surface area contributed by atoms with Gasteiger partial charge in [-0.2, -0.15) is 0 Å². The van der Waals surface area contributed by atoms with Gasteiger partial charge in [0, 0.05) is 15.6 Å². The molecule has 0 amide bonds. The van der Waals surface area contributed by atoms with E-state index in [1.165, 1.54) is 30.1 Å². The van der Waals surface area contributed by atoms with E-state index in [1.54, 1.807) is 43.3 Å². The van der Waals surface area contributed by atoms with Gasteiger partial charge in [0.1, 0.15) is 11.8 Å². The highest BCUT2D eigenvalue weighted by molar-refractivity contribution is 7.07. The maximum atomic E-state index is 13.5. The highest BCUT2D eigenvalue weighted by Gasteiger charge is 2.35. The lowest BCUT2D eigenvalue weighted by Crippen LogP contribution is -2.40. The van der Waals surface area contributed by atoms with E-state index in [1.807, 2.05) is 12.1 Å². The van der Waals surface area contributed by atoms with E-state index in [4.69, 9.17) is 32.7 Å². The minimum absolute atomic E-state index is 0.249. The highest BCUT2D eigenvalue weighted by atomic mass is 35.5. The number of hydrogen-bond donors (Lipinski definition) is 0. The summed E-state index contributed by atoms with van der Waals surface area (Å²) in [5.41, 5.74) is 1.81. The second-order valence-electron chi connectivity index (χ2n) is 7.01. The molecule has 0 spiro atoms. The van der Waals surface area contributed by atoms with Crippen LogP contribution in [0.15, 0.2) is 63.5 Å². The highest BCUT2D eigenvalue weighted by Crippen LogP contribution is 2.37. The minimum atomic E-state index is -0.806. The van der Waals surface area contributed by atoms with Crippen molar-refractivity contribution < 1.29 is 14.3 Å². The van der Waals surface area contributed by atoms with Crippen molar-refractivity contribution in [3.05, 3.63) is 94.6 Å². The quantitative estimate of drug-likeness (QED) is 0.524. The Hall–Kier alpha value is -2.87. The number of hydrogen-bond acceptors (Lipinski definition) is 6. The lowest BCUT2D eigenvalue weighted by atomic mass is 9.95. The molecule has 0 unspecified atom stereocenters. The molecule has 0 saturated heterocycles. The number of aromatic nitrogens is 1. The van der Waals surface area contributed by atoms with Crippen molar-refractivity contribution in [2.75, 3.05) is 14.2 Å². The predicted molar refractivity (Wildman–Crippen MR) is 125 cm³/mol. The first-order valence-corrected chi connectivity index (χ1v) is 11.1. The van der Waals surface area contributed by atoms with Gasteiger partial charge in [-0.25, -0.2) is 9.79 Å². The number of allylic oxidation sites excluding steroid dienone is 1. The van der Waals surface area contributed by atoms with Gasteiger partial charge in [0.25, 0.3) is 5.56 Å². The van der Waals surface area contributed by atoms with Gasteiger partial charge in [-0.05, 0) is 48.9 Å². The number of rotatable bonds is 4. The SMILES string of the molecule is COC(=O)C1=C(C)N=c2s/c(=C\c3ccc(Cl)cc3)c(=O)n2[C@@H]1c1cc(Cl)ccc1OC. The van der Waals surface area contributed by atoms with E-state index in [2.05, 4.69) is 4.99 Å². The van der Waals surface area contributed by atoms with E-state index >= 15 is 0 Å². The van der Waals surface area contributed by atoms with Crippen molar-refractivity contribution in [1.82, 2.24) is 4.57 Å². The Morgan fingerprint density at radius 3 is 2.47 bits per heavy atom. The van der Waals surface area contributed by atoms with Crippen LogP contribution in [0.5, 0.6) is 5.75 Å². The Labute approximate surface area is 197 Å². The van der Waals surface area contributed by atoms with Gasteiger partial charge in [0.15, 0.2) is 4.80 Å². The molecule has 1 atom stereocenters. The average Bonchev–Trinajstić information content (AvgIpc) is 3.08. The number of benzene rings is 2. The topological polar surface area (TPSA) is 69.9 Å². The molecule has 32 heavy (non-hydrogen) atoms. The van der Waals surface area contributed by atoms with Crippen LogP contribution in [-0.4, -0.2) is 24.8 Å². The molecule has 3 aromatic rings. The summed E-state index contributed by atoms with van der Waals surface area (Å²) in [7, 11) is 2.81. The molecule has 0 aliphatic carbocycles. The smallest absolute Gasteiger partial charge is 0.338 e. The van der Waals surface area contributed by atoms with Gasteiger partial charge in [0.2, 0.25) is 0 Å². The van der Waals surface area contributed by atoms with Crippen molar-refractivity contribution in [2.45, 2.75) is 13.0 Å². The van der Waals surface area contributed by atoms with Crippen molar-refractivity contribution in [1.29, 1.82) is 0 Å². The number of thiazole rings is 1. The number of carbonyl (C=O) groups is 1. The van der Waals surface area contributed by atoms with Gasteiger partial charge in [-0.1, -0.05) is 46.7 Å². The minimum Gasteiger partial charge on any atom is -0.496 e. The van der Waals surface area contributed by atoms with E-state index < -0.39 is 12.0 Å². The fourth-order valence-corrected chi connectivity index (χ4v) is 4.97. The van der Waals surface area contributed by atoms with Crippen LogP contribution >= 0.6 is 34.5 Å². The van der Waals surface area contributed by atoms with Gasteiger partial charge >= 0.3 is 5.97 Å². The van der Waals surface area contributed by atoms with Crippen LogP contribution in [0.25, 0.3) is 6.08 Å². The van der Waals surface area contributed by atoms with E-state index in [0.717, 1.165) is 5.56 Å². The van der Waals surface area contributed by atoms with Crippen molar-refractivity contribution >= 4 is 46.6 Å². The number of fused-ring (bicyclic) bond motifs is 1. The zero-order valence-corrected chi connectivity index (χ0v) is 19.7. The molecule has 4 rings (SSSR count). The third kappa shape index (κ3) is 3.99. The van der Waals surface area contributed by atoms with Crippen LogP contribution in [-0.2, 0) is 9.53 Å². The summed E-state index contributed by atoms with van der Waals surface area (Å²) >= 11 is 13.5. The third-order valence-corrected chi connectivity index (χ3v) is 6.55. The van der Waals surface area contributed by atoms with Gasteiger partial charge < -0.3 is 9.47 Å². The number of nitrogens with zero attached hydrogens (tertiary/aromatic N) is 2. The van der Waals surface area contributed by atoms with Crippen molar-refractivity contribution in [2.24, 2.45) is 4.99 Å². The van der Waals surface area contributed by atoms with Gasteiger partial charge in [-0.15, -0.1) is 0 Å². The summed E-state index contributed by atoms with van der Waals surface area (Å²) in [6, 6.07) is 11.4. The Balaban J connectivity index is 2.02. The van der Waals surface area contributed by atoms with Crippen molar-refractivity contribution in [3.63, 3.8) is 0 Å². The van der Waals surface area contributed by atoms with Gasteiger partial charge in [-0.3, -0.25) is 9.36 Å². The molecule has 1 aliphatic rings. The Kier molecular flexibility index (Phi) is 6.24. The first-order valence-electron chi connectivity index (χ1n) is 9.54. The Morgan fingerprint density at radius 1 is 1.12 bits per heavy atom. The van der Waals surface area contributed by atoms with E-state index in [9.17, 15) is 9.59 Å². The average molecular weight is 489 g/mol. The van der Waals surface area contributed by atoms with E-state index in [-0.39, 0.29) is 11.1 Å². The lowest BCUT2D eigenvalue weighted by molar-refractivity contribution is -0.136. The monoisotopic (exact) mass is 488 g/mol. The number of ether oxygens (including phenoxy) is 2. The van der Waals surface area contributed by atoms with E-state index in [0.29, 0.717) is 36.4 Å². The number of methoxy groups -OCH3 is 2. The van der Waals surface area contributed by atoms with Crippen molar-refractivity contribution in [3.8, 4) is 5.75 Å². The molecular weight excluding hydrogens is 471 g/mol. The van der Waals surface area contributed by atoms with Gasteiger partial charge in [0.05, 0.1) is 30.0 Å². The summed E-state index contributed by atoms with van der Waals surface area (Å²) in [6.45, 7) is 1.71. The summed E-state index contributed by atoms with van der Waals surface area (Å²) in [5, 5.41) is 1.05. The van der Waals surface area contributed by atoms with Crippen LogP contribution in [0.1, 0.15) is 24.1 Å². The molecule has 2 aromatic carbocycles. The molecule has 1 aliphatic heterocycles. The molecule has 0 bridgehead atoms. The Morgan fingerprint density at radius 2 is 1.81 bits per heavy atom. The molecule has 0 radical (unpaired) electrons. The molecule has 1 aromatic heterocycles. The number of esters is 1. The Bertz CT molecular complexity index is 1420. The first kappa shape index (κ1) is 22.3. The molecule has 2 heterocycles. The molecule has 9 heteroatoms. The maximum absolute atomic E-state index is 13.5. The largest absolute Gasteiger partial charge is 0.496 e. The fourth-order valence-electron chi connectivity index (χ4n) is 3.62. The van der Waals surface area contributed by atoms with Crippen LogP contribution in [0, 0.1) is 0 Å². The maximum Gasteiger partial charge on any atom is 0.338 e. The summed E-state index contributed by atoms with van der Waals surface area (Å²) in [5.74, 6) is -0.0898. The summed E-state index contributed by atoms with van der Waals surface area (Å²) in [6.07, 6.45) is 1.77. The summed E-state index contributed by atoms with van der Waals surface area (Å²) < 4.78 is 12.5. The summed E-state index contributed by atoms with van der Waals surface area (Å²) in [4.78, 5) is 31.3. The fraction of sp³-hybridized carbons (Fsp3) is 0.174. The third-order valence-electron chi connectivity index (χ3n) is 5.08. The second kappa shape index (κ2) is 8.94. The molecule has 164 valence electrons. The van der Waals surface area contributed by atoms with Crippen LogP contribution in [0.4, 0.5) is 0 Å². The van der Waals surface area contributed by atoms with Crippen LogP contribution < -0.4 is 19.6 Å². The van der Waals surface area contributed by atoms with Crippen LogP contribution in [0.2, 0.25) is 10.0 Å². The zero-order valence-electron chi connectivity index (χ0n) is 17.4. The number of halogens is 2. The molecule has 6 nitrogen and oxygen atoms in total. The molecule has 0 N–H and O–H groups in total. The number of carbonyl (C=O) groups excluding carboxylic acids is 1. The first-order chi connectivity index (χ1) is 15.3. The molecular formula is C23H18Cl2N2O4S. The normalized spacial score (nSPS) is 15.9. The molecule has 0 fully saturated rings. The molecule has 0 saturated carbocycles. The lowest BCUT2D eigenvalue weighted by Gasteiger charge is -2.25. The predicted octanol–water partition coefficient (Wildman–Crippen LogP) is 3.72. The van der Waals surface area contributed by atoms with Crippen LogP contribution in [0.3, 0.4) is 0 Å². The zero-order chi connectivity index (χ0) is 23.0. The second-order valence-corrected chi connectivity index (χ2v) is 8.89.